The predicted molar refractivity (Wildman–Crippen MR) is 94.8 cm³/mol. The van der Waals surface area contributed by atoms with Gasteiger partial charge in [0.25, 0.3) is 9.84 Å². The smallest absolute Gasteiger partial charge is 0.378 e. The first-order valence-electron chi connectivity index (χ1n) is 8.34. The van der Waals surface area contributed by atoms with Crippen molar-refractivity contribution in [2.75, 3.05) is 37.8 Å². The molecule has 1 aromatic heterocycles. The summed E-state index contributed by atoms with van der Waals surface area (Å²) < 4.78 is 74.4. The van der Waals surface area contributed by atoms with E-state index in [1.165, 1.54) is 4.57 Å². The Morgan fingerprint density at radius 3 is 2.38 bits per heavy atom. The highest BCUT2D eigenvalue weighted by Gasteiger charge is 2.47. The summed E-state index contributed by atoms with van der Waals surface area (Å²) >= 11 is 0. The third kappa shape index (κ3) is 5.24. The van der Waals surface area contributed by atoms with Gasteiger partial charge in [0, 0.05) is 34.0 Å². The molecule has 0 unspecified atom stereocenters. The number of anilines is 1. The van der Waals surface area contributed by atoms with E-state index < -0.39 is 28.3 Å². The Morgan fingerprint density at radius 2 is 1.85 bits per heavy atom. The second-order valence-electron chi connectivity index (χ2n) is 7.40. The number of ether oxygens (including phenoxy) is 2. The maximum atomic E-state index is 12.9. The lowest BCUT2D eigenvalue weighted by Gasteiger charge is -2.29. The van der Waals surface area contributed by atoms with Gasteiger partial charge in [-0.3, -0.25) is 0 Å². The summed E-state index contributed by atoms with van der Waals surface area (Å²) in [4.78, 5) is 1.04. The average molecular weight is 415 g/mol. The van der Waals surface area contributed by atoms with E-state index in [-0.39, 0.29) is 6.73 Å². The van der Waals surface area contributed by atoms with Crippen LogP contribution in [0.15, 0.2) is 17.2 Å². The minimum absolute atomic E-state index is 0.00451. The van der Waals surface area contributed by atoms with Crippen molar-refractivity contribution >= 4 is 23.7 Å². The Bertz CT molecular complexity index is 707. The van der Waals surface area contributed by atoms with Crippen molar-refractivity contribution in [3.63, 3.8) is 0 Å². The van der Waals surface area contributed by atoms with Gasteiger partial charge >= 0.3 is 5.51 Å². The van der Waals surface area contributed by atoms with E-state index in [2.05, 4.69) is 19.6 Å². The molecule has 0 aromatic carbocycles. The molecule has 0 atom stereocenters. The number of hydrogen-bond acceptors (Lipinski definition) is 5. The van der Waals surface area contributed by atoms with Gasteiger partial charge < -0.3 is 18.9 Å². The molecule has 1 aromatic rings. The first-order chi connectivity index (χ1) is 11.9. The molecule has 11 heteroatoms. The molecular weight excluding hydrogens is 389 g/mol. The standard InChI is InChI=1S/C15H25F3N2O4SSi/c1-26(2,3)9-8-24-12-20-11-13(25(21,22)15(16,17)18)10-14(20)19-4-6-23-7-5-19/h10-11H,4-9,12H2,1-3H3. The second kappa shape index (κ2) is 7.91. The highest BCUT2D eigenvalue weighted by Crippen LogP contribution is 2.33. The number of morpholine rings is 1. The van der Waals surface area contributed by atoms with Crippen LogP contribution in [0.4, 0.5) is 19.0 Å². The van der Waals surface area contributed by atoms with E-state index in [1.807, 2.05) is 0 Å². The van der Waals surface area contributed by atoms with E-state index >= 15 is 0 Å². The van der Waals surface area contributed by atoms with Crippen molar-refractivity contribution in [2.24, 2.45) is 0 Å². The third-order valence-electron chi connectivity index (χ3n) is 4.03. The van der Waals surface area contributed by atoms with Crippen molar-refractivity contribution in [1.82, 2.24) is 4.57 Å². The molecule has 150 valence electrons. The average Bonchev–Trinajstić information content (AvgIpc) is 2.95. The topological polar surface area (TPSA) is 60.8 Å². The van der Waals surface area contributed by atoms with Gasteiger partial charge in [0.15, 0.2) is 0 Å². The van der Waals surface area contributed by atoms with Gasteiger partial charge in [0.1, 0.15) is 12.5 Å². The molecule has 1 aliphatic rings. The highest BCUT2D eigenvalue weighted by molar-refractivity contribution is 7.92. The summed E-state index contributed by atoms with van der Waals surface area (Å²) in [6, 6.07) is 1.98. The van der Waals surface area contributed by atoms with Crippen molar-refractivity contribution in [3.8, 4) is 0 Å². The number of alkyl halides is 3. The van der Waals surface area contributed by atoms with Crippen LogP contribution in [-0.4, -0.2) is 59.5 Å². The molecule has 0 bridgehead atoms. The van der Waals surface area contributed by atoms with Gasteiger partial charge in [0.2, 0.25) is 0 Å². The molecule has 0 saturated carbocycles. The molecule has 1 saturated heterocycles. The quantitative estimate of drug-likeness (QED) is 0.507. The van der Waals surface area contributed by atoms with Crippen molar-refractivity contribution in [2.45, 2.75) is 42.8 Å². The van der Waals surface area contributed by atoms with Crippen LogP contribution in [0.25, 0.3) is 0 Å². The molecule has 1 fully saturated rings. The molecular formula is C15H25F3N2O4SSi. The summed E-state index contributed by atoms with van der Waals surface area (Å²) in [5.41, 5.74) is -5.33. The summed E-state index contributed by atoms with van der Waals surface area (Å²) in [6.07, 6.45) is 1.00. The highest BCUT2D eigenvalue weighted by atomic mass is 32.2. The second-order valence-corrected chi connectivity index (χ2v) is 15.0. The van der Waals surface area contributed by atoms with E-state index in [1.54, 1.807) is 4.90 Å². The summed E-state index contributed by atoms with van der Waals surface area (Å²) in [5.74, 6) is 0.393. The van der Waals surface area contributed by atoms with Gasteiger partial charge in [-0.15, -0.1) is 0 Å². The van der Waals surface area contributed by atoms with Gasteiger partial charge in [-0.05, 0) is 12.1 Å². The summed E-state index contributed by atoms with van der Waals surface area (Å²) in [6.45, 7) is 8.89. The van der Waals surface area contributed by atoms with Crippen molar-refractivity contribution in [1.29, 1.82) is 0 Å². The number of rotatable bonds is 7. The first kappa shape index (κ1) is 21.3. The van der Waals surface area contributed by atoms with Gasteiger partial charge in [-0.1, -0.05) is 19.6 Å². The number of nitrogens with zero attached hydrogens (tertiary/aromatic N) is 2. The Kier molecular flexibility index (Phi) is 6.47. The molecule has 0 aliphatic carbocycles. The number of aromatic nitrogens is 1. The maximum Gasteiger partial charge on any atom is 0.501 e. The van der Waals surface area contributed by atoms with Crippen LogP contribution in [0.1, 0.15) is 0 Å². The van der Waals surface area contributed by atoms with Crippen LogP contribution in [0.3, 0.4) is 0 Å². The van der Waals surface area contributed by atoms with Crippen molar-refractivity contribution in [3.05, 3.63) is 12.3 Å². The zero-order valence-corrected chi connectivity index (χ0v) is 17.0. The minimum Gasteiger partial charge on any atom is -0.378 e. The molecule has 26 heavy (non-hydrogen) atoms. The summed E-state index contributed by atoms with van der Waals surface area (Å²) in [5, 5.41) is 0. The monoisotopic (exact) mass is 414 g/mol. The minimum atomic E-state index is -5.40. The fourth-order valence-corrected chi connectivity index (χ4v) is 4.01. The third-order valence-corrected chi connectivity index (χ3v) is 7.18. The lowest BCUT2D eigenvalue weighted by molar-refractivity contribution is -0.0436. The molecule has 6 nitrogen and oxygen atoms in total. The number of halogens is 3. The SMILES string of the molecule is C[Si](C)(C)CCOCn1cc(S(=O)(=O)C(F)(F)F)cc1N1CCOCC1. The molecule has 2 rings (SSSR count). The first-order valence-corrected chi connectivity index (χ1v) is 13.5. The van der Waals surface area contributed by atoms with E-state index in [9.17, 15) is 21.6 Å². The van der Waals surface area contributed by atoms with Gasteiger partial charge in [-0.2, -0.15) is 13.2 Å². The van der Waals surface area contributed by atoms with Crippen LogP contribution < -0.4 is 4.90 Å². The van der Waals surface area contributed by atoms with Crippen LogP contribution in [0.5, 0.6) is 0 Å². The normalized spacial score (nSPS) is 16.9. The Morgan fingerprint density at radius 1 is 1.23 bits per heavy atom. The van der Waals surface area contributed by atoms with Crippen LogP contribution in [-0.2, 0) is 26.0 Å². The van der Waals surface area contributed by atoms with E-state index in [0.717, 1.165) is 18.3 Å². The largest absolute Gasteiger partial charge is 0.501 e. The van der Waals surface area contributed by atoms with Crippen molar-refractivity contribution < 1.29 is 31.1 Å². The molecule has 0 spiro atoms. The molecule has 0 N–H and O–H groups in total. The fraction of sp³-hybridized carbons (Fsp3) is 0.733. The molecule has 1 aliphatic heterocycles. The molecule has 0 amide bonds. The fourth-order valence-electron chi connectivity index (χ4n) is 2.46. The van der Waals surface area contributed by atoms with Crippen LogP contribution in [0, 0.1) is 0 Å². The Hall–Kier alpha value is -1.04. The zero-order valence-electron chi connectivity index (χ0n) is 15.2. The zero-order chi connectivity index (χ0) is 19.6. The van der Waals surface area contributed by atoms with E-state index in [0.29, 0.717) is 38.7 Å². The Labute approximate surface area is 152 Å². The van der Waals surface area contributed by atoms with Gasteiger partial charge in [0.05, 0.1) is 18.1 Å². The number of hydrogen-bond donors (Lipinski definition) is 0. The summed E-state index contributed by atoms with van der Waals surface area (Å²) in [7, 11) is -6.69. The predicted octanol–water partition coefficient (Wildman–Crippen LogP) is 2.93. The van der Waals surface area contributed by atoms with Gasteiger partial charge in [-0.25, -0.2) is 8.42 Å². The lowest BCUT2D eigenvalue weighted by Crippen LogP contribution is -2.37. The lowest BCUT2D eigenvalue weighted by atomic mass is 10.4. The Balaban J connectivity index is 2.23. The number of sulfone groups is 1. The van der Waals surface area contributed by atoms with E-state index in [4.69, 9.17) is 9.47 Å². The maximum absolute atomic E-state index is 12.9. The van der Waals surface area contributed by atoms with Crippen LogP contribution in [0.2, 0.25) is 25.7 Å². The molecule has 0 radical (unpaired) electrons. The molecule has 2 heterocycles. The van der Waals surface area contributed by atoms with Crippen LogP contribution >= 0.6 is 0 Å².